The highest BCUT2D eigenvalue weighted by atomic mass is 31.2. The maximum Gasteiger partial charge on any atom is 0.704 e. The van der Waals surface area contributed by atoms with E-state index < -0.39 is 21.3 Å². The fraction of sp³-hybridized carbons (Fsp3) is 0.689. The van der Waals surface area contributed by atoms with E-state index in [9.17, 15) is 0 Å². The van der Waals surface area contributed by atoms with Crippen LogP contribution in [0.3, 0.4) is 0 Å². The van der Waals surface area contributed by atoms with E-state index in [0.29, 0.717) is 18.0 Å². The number of nitrogens with zero attached hydrogens (tertiary/aromatic N) is 8. The second kappa shape index (κ2) is 15.7. The van der Waals surface area contributed by atoms with Crippen LogP contribution in [0.25, 0.3) is 0 Å². The number of aryl methyl sites for hydroxylation is 1. The smallest absolute Gasteiger partial charge is 0.340 e. The first-order chi connectivity index (χ1) is 26.4. The Hall–Kier alpha value is -2.16. The van der Waals surface area contributed by atoms with E-state index in [4.69, 9.17) is 14.0 Å². The SMILES string of the molecule is Cc1cc(C(C)CCCP(=N[P+](N(C)C)(N(C)C)N(C)C)(N(C)C)N(C)C)cc2c1OC13Oc4c(cc(C(C)(C)C)cc4C(C)(C)C)C=[N+]1C1CCCCC1[N+]3=C2. The number of ether oxygens (including phenoxy) is 2. The molecule has 4 aliphatic rings. The zero-order chi connectivity index (χ0) is 42.2. The molecule has 1 aliphatic carbocycles. The summed E-state index contributed by atoms with van der Waals surface area (Å²) in [5.74, 6) is 2.28. The normalized spacial score (nSPS) is 22.7. The lowest BCUT2D eigenvalue weighted by Gasteiger charge is -2.41. The Balaban J connectivity index is 1.36. The zero-order valence-corrected chi connectivity index (χ0v) is 40.7. The summed E-state index contributed by atoms with van der Waals surface area (Å²) < 4.78 is 37.4. The van der Waals surface area contributed by atoms with Crippen molar-refractivity contribution in [2.45, 2.75) is 129 Å². The molecule has 1 saturated carbocycles. The summed E-state index contributed by atoms with van der Waals surface area (Å²) >= 11 is 0. The molecule has 0 radical (unpaired) electrons. The summed E-state index contributed by atoms with van der Waals surface area (Å²) in [6.07, 6.45) is 12.7. The van der Waals surface area contributed by atoms with Gasteiger partial charge in [0.25, 0.3) is 0 Å². The minimum Gasteiger partial charge on any atom is -0.340 e. The van der Waals surface area contributed by atoms with Crippen molar-refractivity contribution >= 4 is 27.7 Å². The van der Waals surface area contributed by atoms with Gasteiger partial charge in [0, 0.05) is 66.9 Å². The first-order valence-corrected chi connectivity index (χ1v) is 24.7. The molecule has 4 atom stereocenters. The molecule has 4 unspecified atom stereocenters. The molecule has 1 saturated heterocycles. The summed E-state index contributed by atoms with van der Waals surface area (Å²) in [5.41, 5.74) is 7.37. The topological polar surface area (TPSA) is 53.0 Å². The average molecular weight is 824 g/mol. The van der Waals surface area contributed by atoms with E-state index in [1.54, 1.807) is 0 Å². The van der Waals surface area contributed by atoms with Gasteiger partial charge < -0.3 is 9.47 Å². The van der Waals surface area contributed by atoms with Crippen molar-refractivity contribution in [1.82, 2.24) is 23.4 Å². The minimum atomic E-state index is -2.10. The van der Waals surface area contributed by atoms with Crippen molar-refractivity contribution in [3.8, 4) is 11.5 Å². The Morgan fingerprint density at radius 3 is 1.74 bits per heavy atom. The van der Waals surface area contributed by atoms with Crippen LogP contribution in [-0.4, -0.2) is 140 Å². The molecule has 0 amide bonds. The lowest BCUT2D eigenvalue weighted by Crippen LogP contribution is -2.60. The van der Waals surface area contributed by atoms with Crippen LogP contribution in [0.5, 0.6) is 11.5 Å². The van der Waals surface area contributed by atoms with E-state index in [1.165, 1.54) is 40.7 Å². The van der Waals surface area contributed by atoms with Crippen LogP contribution in [-0.2, 0) is 10.8 Å². The Morgan fingerprint density at radius 2 is 1.26 bits per heavy atom. The van der Waals surface area contributed by atoms with Crippen LogP contribution in [0.4, 0.5) is 0 Å². The molecule has 2 fully saturated rings. The van der Waals surface area contributed by atoms with Crippen LogP contribution < -0.4 is 9.47 Å². The number of rotatable bonds is 11. The number of fused-ring (bicyclic) bond motifs is 5. The lowest BCUT2D eigenvalue weighted by atomic mass is 9.79. The minimum absolute atomic E-state index is 0.0263. The van der Waals surface area contributed by atoms with Crippen molar-refractivity contribution in [2.24, 2.45) is 4.52 Å². The third kappa shape index (κ3) is 7.62. The van der Waals surface area contributed by atoms with Gasteiger partial charge in [-0.05, 0) is 106 Å². The van der Waals surface area contributed by atoms with Gasteiger partial charge >= 0.3 is 13.9 Å². The van der Waals surface area contributed by atoms with Gasteiger partial charge in [0.05, 0.1) is 11.1 Å². The molecule has 2 aromatic rings. The van der Waals surface area contributed by atoms with E-state index in [2.05, 4.69) is 195 Å². The predicted molar refractivity (Wildman–Crippen MR) is 243 cm³/mol. The molecule has 3 heterocycles. The predicted octanol–water partition coefficient (Wildman–Crippen LogP) is 9.27. The number of hydrogen-bond donors (Lipinski definition) is 0. The fourth-order valence-electron chi connectivity index (χ4n) is 9.89. The molecule has 0 N–H and O–H groups in total. The van der Waals surface area contributed by atoms with E-state index in [-0.39, 0.29) is 10.8 Å². The Bertz CT molecular complexity index is 1940. The molecule has 57 heavy (non-hydrogen) atoms. The Kier molecular flexibility index (Phi) is 12.2. The third-order valence-electron chi connectivity index (χ3n) is 13.0. The van der Waals surface area contributed by atoms with Crippen LogP contribution >= 0.6 is 15.2 Å². The third-order valence-corrected chi connectivity index (χ3v) is 21.8. The Labute approximate surface area is 347 Å². The van der Waals surface area contributed by atoms with Crippen LogP contribution in [0.2, 0.25) is 0 Å². The van der Waals surface area contributed by atoms with E-state index in [1.807, 2.05) is 0 Å². The van der Waals surface area contributed by atoms with Crippen LogP contribution in [0, 0.1) is 6.92 Å². The van der Waals surface area contributed by atoms with Crippen molar-refractivity contribution < 1.29 is 18.6 Å². The molecule has 3 aliphatic heterocycles. The lowest BCUT2D eigenvalue weighted by molar-refractivity contribution is -0.866. The van der Waals surface area contributed by atoms with Crippen LogP contribution in [0.1, 0.15) is 126 Å². The quantitative estimate of drug-likeness (QED) is 0.166. The number of benzene rings is 2. The summed E-state index contributed by atoms with van der Waals surface area (Å²) in [6, 6.07) is 9.12. The van der Waals surface area contributed by atoms with Crippen molar-refractivity contribution in [1.29, 1.82) is 0 Å². The van der Waals surface area contributed by atoms with Crippen molar-refractivity contribution in [3.63, 3.8) is 0 Å². The molecule has 2 aromatic carbocycles. The molecule has 0 aromatic heterocycles. The largest absolute Gasteiger partial charge is 0.704 e. The van der Waals surface area contributed by atoms with Crippen LogP contribution in [0.15, 0.2) is 28.8 Å². The number of hydrogen-bond acceptors (Lipinski definition) is 6. The van der Waals surface area contributed by atoms with E-state index in [0.717, 1.165) is 48.9 Å². The van der Waals surface area contributed by atoms with Gasteiger partial charge in [0.15, 0.2) is 23.9 Å². The molecule has 1 spiro atoms. The highest BCUT2D eigenvalue weighted by molar-refractivity contribution is 7.76. The van der Waals surface area contributed by atoms with Gasteiger partial charge in [-0.1, -0.05) is 74.3 Å². The zero-order valence-electron chi connectivity index (χ0n) is 38.9. The first-order valence-electron chi connectivity index (χ1n) is 21.3. The molecule has 316 valence electrons. The fourth-order valence-corrected chi connectivity index (χ4v) is 19.3. The standard InChI is InChI=1S/C45H77N8O2P2/c1-32(22-21-25-56(47(9)10,48(11)12)46-57(49(13)14,50(15)16)51(17)18)34-26-33(2)41-35(27-34)30-52-39-23-19-20-24-40(39)53-31-36-28-37(43(3,4)5)29-38(44(6,7)8)42(36)55-45(52,53)54-41/h26-32,39-40H,19-25H2,1-18H3/q+3. The monoisotopic (exact) mass is 824 g/mol. The van der Waals surface area contributed by atoms with Gasteiger partial charge in [-0.3, -0.25) is 9.34 Å². The van der Waals surface area contributed by atoms with Gasteiger partial charge in [0.1, 0.15) is 7.36 Å². The summed E-state index contributed by atoms with van der Waals surface area (Å²) in [5, 5.41) is 0. The van der Waals surface area contributed by atoms with E-state index >= 15 is 0 Å². The van der Waals surface area contributed by atoms with Gasteiger partial charge in [-0.2, -0.15) is 0 Å². The van der Waals surface area contributed by atoms with Crippen molar-refractivity contribution in [3.05, 3.63) is 57.6 Å². The summed E-state index contributed by atoms with van der Waals surface area (Å²) in [6.45, 7) is 18.4. The first kappa shape index (κ1) is 44.4. The molecular weight excluding hydrogens is 746 g/mol. The molecular formula is C45H77N8O2P2+3. The molecule has 10 nitrogen and oxygen atoms in total. The van der Waals surface area contributed by atoms with Crippen molar-refractivity contribution in [2.75, 3.05) is 76.6 Å². The maximum atomic E-state index is 7.40. The molecule has 6 rings (SSSR count). The summed E-state index contributed by atoms with van der Waals surface area (Å²) in [4.78, 5) is 0. The highest BCUT2D eigenvalue weighted by Gasteiger charge is 2.76. The van der Waals surface area contributed by atoms with Gasteiger partial charge in [-0.15, -0.1) is 14.0 Å². The maximum absolute atomic E-state index is 7.40. The van der Waals surface area contributed by atoms with Gasteiger partial charge in [0.2, 0.25) is 12.1 Å². The highest BCUT2D eigenvalue weighted by Crippen LogP contribution is 2.73. The Morgan fingerprint density at radius 1 is 0.754 bits per heavy atom. The second-order valence-corrected chi connectivity index (χ2v) is 27.9. The molecule has 12 heteroatoms. The second-order valence-electron chi connectivity index (χ2n) is 20.3. The summed E-state index contributed by atoms with van der Waals surface area (Å²) in [7, 11) is 17.8. The van der Waals surface area contributed by atoms with Gasteiger partial charge in [-0.25, -0.2) is 0 Å². The average Bonchev–Trinajstić information content (AvgIpc) is 3.37. The molecule has 0 bridgehead atoms.